The maximum absolute atomic E-state index is 10.3. The van der Waals surface area contributed by atoms with Crippen LogP contribution in [0.5, 0.6) is 0 Å². The predicted molar refractivity (Wildman–Crippen MR) is 55.9 cm³/mol. The summed E-state index contributed by atoms with van der Waals surface area (Å²) >= 11 is 0. The standard InChI is InChI=1S/C9H16N2O6/c1-6(2)7-3-8(16-10(12)13)5-9(4-7)17-11(14)15/h6-9H,3-5H2,1-2H3. The summed E-state index contributed by atoms with van der Waals surface area (Å²) in [5.41, 5.74) is 0. The van der Waals surface area contributed by atoms with Crippen LogP contribution >= 0.6 is 0 Å². The molecule has 0 aliphatic heterocycles. The Morgan fingerprint density at radius 2 is 1.41 bits per heavy atom. The van der Waals surface area contributed by atoms with Crippen LogP contribution in [0.4, 0.5) is 0 Å². The summed E-state index contributed by atoms with van der Waals surface area (Å²) in [6.45, 7) is 3.95. The SMILES string of the molecule is CC(C)C1CC(O[N+](=O)[O-])CC(O[N+](=O)[O-])C1. The smallest absolute Gasteiger partial charge is 0.294 e. The molecule has 1 rings (SSSR count). The Balaban J connectivity index is 2.61. The van der Waals surface area contributed by atoms with Crippen LogP contribution in [-0.2, 0) is 9.68 Å². The molecule has 8 heteroatoms. The molecule has 8 nitrogen and oxygen atoms in total. The molecule has 1 aliphatic carbocycles. The quantitative estimate of drug-likeness (QED) is 0.540. The summed E-state index contributed by atoms with van der Waals surface area (Å²) in [6, 6.07) is 0. The molecule has 0 aromatic carbocycles. The van der Waals surface area contributed by atoms with Crippen LogP contribution in [0.1, 0.15) is 33.1 Å². The Kier molecular flexibility index (Phi) is 4.47. The Morgan fingerprint density at radius 1 is 1.00 bits per heavy atom. The predicted octanol–water partition coefficient (Wildman–Crippen LogP) is 1.60. The molecular formula is C9H16N2O6. The maximum Gasteiger partial charge on any atom is 0.294 e. The zero-order valence-electron chi connectivity index (χ0n) is 9.77. The van der Waals surface area contributed by atoms with Crippen LogP contribution in [-0.4, -0.2) is 22.4 Å². The van der Waals surface area contributed by atoms with Gasteiger partial charge in [0.2, 0.25) is 0 Å². The summed E-state index contributed by atoms with van der Waals surface area (Å²) < 4.78 is 0. The van der Waals surface area contributed by atoms with Crippen LogP contribution in [0.3, 0.4) is 0 Å². The third-order valence-electron chi connectivity index (χ3n) is 3.07. The monoisotopic (exact) mass is 248 g/mol. The molecule has 0 aromatic rings. The van der Waals surface area contributed by atoms with Crippen molar-refractivity contribution >= 4 is 0 Å². The topological polar surface area (TPSA) is 105 Å². The first-order valence-electron chi connectivity index (χ1n) is 5.50. The lowest BCUT2D eigenvalue weighted by atomic mass is 9.79. The molecule has 1 saturated carbocycles. The first-order valence-corrected chi connectivity index (χ1v) is 5.50. The van der Waals surface area contributed by atoms with E-state index in [1.807, 2.05) is 13.8 Å². The molecule has 1 aliphatic rings. The zero-order chi connectivity index (χ0) is 13.0. The number of hydrogen-bond acceptors (Lipinski definition) is 6. The van der Waals surface area contributed by atoms with Gasteiger partial charge in [0.15, 0.2) is 0 Å². The Hall–Kier alpha value is -1.60. The van der Waals surface area contributed by atoms with E-state index in [1.54, 1.807) is 0 Å². The Labute approximate surface area is 98.1 Å². The second-order valence-electron chi connectivity index (χ2n) is 4.61. The van der Waals surface area contributed by atoms with Crippen molar-refractivity contribution < 1.29 is 19.8 Å². The van der Waals surface area contributed by atoms with Gasteiger partial charge in [-0.05, 0) is 24.7 Å². The fourth-order valence-corrected chi connectivity index (χ4v) is 2.22. The van der Waals surface area contributed by atoms with E-state index in [1.165, 1.54) is 0 Å². The molecule has 98 valence electrons. The summed E-state index contributed by atoms with van der Waals surface area (Å²) in [5, 5.41) is 18.9. The third kappa shape index (κ3) is 4.41. The van der Waals surface area contributed by atoms with E-state index in [0.29, 0.717) is 12.8 Å². The summed E-state index contributed by atoms with van der Waals surface area (Å²) in [6.07, 6.45) is 0.0321. The first-order chi connectivity index (χ1) is 7.88. The minimum absolute atomic E-state index is 0.138. The average Bonchev–Trinajstić information content (AvgIpc) is 2.14. The van der Waals surface area contributed by atoms with Crippen LogP contribution in [0.2, 0.25) is 0 Å². The summed E-state index contributed by atoms with van der Waals surface area (Å²) in [4.78, 5) is 29.6. The van der Waals surface area contributed by atoms with Gasteiger partial charge in [-0.25, -0.2) is 0 Å². The molecule has 0 spiro atoms. The number of rotatable bonds is 5. The van der Waals surface area contributed by atoms with Crippen LogP contribution in [0.25, 0.3) is 0 Å². The van der Waals surface area contributed by atoms with E-state index < -0.39 is 22.4 Å². The van der Waals surface area contributed by atoms with Gasteiger partial charge in [0.05, 0.1) is 0 Å². The van der Waals surface area contributed by atoms with Gasteiger partial charge < -0.3 is 9.68 Å². The molecule has 1 fully saturated rings. The average molecular weight is 248 g/mol. The van der Waals surface area contributed by atoms with Gasteiger partial charge in [-0.3, -0.25) is 0 Å². The summed E-state index contributed by atoms with van der Waals surface area (Å²) in [5.74, 6) is 0.421. The van der Waals surface area contributed by atoms with E-state index >= 15 is 0 Å². The maximum atomic E-state index is 10.3. The van der Waals surface area contributed by atoms with E-state index in [4.69, 9.17) is 0 Å². The molecule has 2 atom stereocenters. The van der Waals surface area contributed by atoms with Gasteiger partial charge in [-0.1, -0.05) is 13.8 Å². The highest BCUT2D eigenvalue weighted by Crippen LogP contribution is 2.33. The Morgan fingerprint density at radius 3 is 1.71 bits per heavy atom. The molecule has 0 bridgehead atoms. The van der Waals surface area contributed by atoms with E-state index in [0.717, 1.165) is 0 Å². The van der Waals surface area contributed by atoms with Crippen molar-refractivity contribution in [2.75, 3.05) is 0 Å². The molecule has 17 heavy (non-hydrogen) atoms. The zero-order valence-corrected chi connectivity index (χ0v) is 9.77. The van der Waals surface area contributed by atoms with Crippen molar-refractivity contribution in [1.82, 2.24) is 0 Å². The summed E-state index contributed by atoms with van der Waals surface area (Å²) in [7, 11) is 0. The van der Waals surface area contributed by atoms with Gasteiger partial charge in [-0.15, -0.1) is 20.2 Å². The molecule has 0 heterocycles. The van der Waals surface area contributed by atoms with Crippen molar-refractivity contribution in [3.63, 3.8) is 0 Å². The van der Waals surface area contributed by atoms with Crippen molar-refractivity contribution in [3.05, 3.63) is 20.2 Å². The van der Waals surface area contributed by atoms with Crippen molar-refractivity contribution in [2.24, 2.45) is 11.8 Å². The van der Waals surface area contributed by atoms with Gasteiger partial charge >= 0.3 is 0 Å². The fourth-order valence-electron chi connectivity index (χ4n) is 2.22. The first kappa shape index (κ1) is 13.5. The van der Waals surface area contributed by atoms with Crippen LogP contribution < -0.4 is 0 Å². The number of nitrogens with zero attached hydrogens (tertiary/aromatic N) is 2. The highest BCUT2D eigenvalue weighted by molar-refractivity contribution is 4.80. The number of hydrogen-bond donors (Lipinski definition) is 0. The lowest BCUT2D eigenvalue weighted by molar-refractivity contribution is -0.781. The van der Waals surface area contributed by atoms with Gasteiger partial charge in [0.25, 0.3) is 10.2 Å². The van der Waals surface area contributed by atoms with E-state index in [-0.39, 0.29) is 18.3 Å². The molecule has 0 radical (unpaired) electrons. The largest absolute Gasteiger partial charge is 0.311 e. The molecule has 0 saturated heterocycles. The molecule has 0 aromatic heterocycles. The fraction of sp³-hybridized carbons (Fsp3) is 1.00. The second kappa shape index (κ2) is 5.65. The van der Waals surface area contributed by atoms with Crippen molar-refractivity contribution in [3.8, 4) is 0 Å². The van der Waals surface area contributed by atoms with Crippen LogP contribution in [0.15, 0.2) is 0 Å². The minimum Gasteiger partial charge on any atom is -0.311 e. The lowest BCUT2D eigenvalue weighted by Gasteiger charge is -2.34. The van der Waals surface area contributed by atoms with E-state index in [2.05, 4.69) is 9.68 Å². The normalized spacial score (nSPS) is 28.8. The molecule has 0 N–H and O–H groups in total. The highest BCUT2D eigenvalue weighted by Gasteiger charge is 2.34. The van der Waals surface area contributed by atoms with Crippen molar-refractivity contribution in [1.29, 1.82) is 0 Å². The minimum atomic E-state index is -0.851. The molecule has 0 amide bonds. The highest BCUT2D eigenvalue weighted by atomic mass is 17.0. The van der Waals surface area contributed by atoms with Crippen molar-refractivity contribution in [2.45, 2.75) is 45.3 Å². The van der Waals surface area contributed by atoms with Gasteiger partial charge in [0, 0.05) is 6.42 Å². The second-order valence-corrected chi connectivity index (χ2v) is 4.61. The Bertz CT molecular complexity index is 271. The lowest BCUT2D eigenvalue weighted by Crippen LogP contribution is -2.37. The molecular weight excluding hydrogens is 232 g/mol. The van der Waals surface area contributed by atoms with Crippen LogP contribution in [0, 0.1) is 32.1 Å². The van der Waals surface area contributed by atoms with Gasteiger partial charge in [-0.2, -0.15) is 0 Å². The molecule has 2 unspecified atom stereocenters. The van der Waals surface area contributed by atoms with Gasteiger partial charge in [0.1, 0.15) is 12.2 Å². The van der Waals surface area contributed by atoms with E-state index in [9.17, 15) is 20.2 Å². The third-order valence-corrected chi connectivity index (χ3v) is 3.07.